The minimum absolute atomic E-state index is 0.0742. The smallest absolute Gasteiger partial charge is 0.273 e. The zero-order valence-corrected chi connectivity index (χ0v) is 14.5. The summed E-state index contributed by atoms with van der Waals surface area (Å²) in [6.45, 7) is 1.57. The molecule has 0 bridgehead atoms. The lowest BCUT2D eigenvalue weighted by Crippen LogP contribution is -2.16. The van der Waals surface area contributed by atoms with Gasteiger partial charge in [0.25, 0.3) is 11.3 Å². The summed E-state index contributed by atoms with van der Waals surface area (Å²) in [5.41, 5.74) is 0.451. The van der Waals surface area contributed by atoms with Crippen molar-refractivity contribution in [1.29, 1.82) is 0 Å². The van der Waals surface area contributed by atoms with Crippen LogP contribution in [-0.4, -0.2) is 36.5 Å². The molecule has 0 aliphatic carbocycles. The fourth-order valence-electron chi connectivity index (χ4n) is 1.86. The van der Waals surface area contributed by atoms with Crippen LogP contribution >= 0.6 is 35.0 Å². The maximum absolute atomic E-state index is 12.0. The zero-order valence-electron chi connectivity index (χ0n) is 12.2. The summed E-state index contributed by atoms with van der Waals surface area (Å²) >= 11 is 12.9. The number of hydrogen-bond donors (Lipinski definition) is 2. The van der Waals surface area contributed by atoms with Gasteiger partial charge in [-0.15, -0.1) is 10.2 Å². The Morgan fingerprint density at radius 1 is 1.29 bits per heavy atom. The third kappa shape index (κ3) is 3.69. The van der Waals surface area contributed by atoms with Crippen molar-refractivity contribution < 1.29 is 4.79 Å². The highest BCUT2D eigenvalue weighted by molar-refractivity contribution is 7.99. The number of rotatable bonds is 4. The molecule has 0 spiro atoms. The highest BCUT2D eigenvalue weighted by Crippen LogP contribution is 2.23. The minimum Gasteiger partial charge on any atom is -0.325 e. The quantitative estimate of drug-likeness (QED) is 0.667. The maximum Gasteiger partial charge on any atom is 0.273 e. The van der Waals surface area contributed by atoms with Crippen LogP contribution in [0, 0.1) is 6.92 Å². The summed E-state index contributed by atoms with van der Waals surface area (Å²) in [7, 11) is 0. The van der Waals surface area contributed by atoms with Crippen LogP contribution in [0.2, 0.25) is 10.0 Å². The van der Waals surface area contributed by atoms with Crippen molar-refractivity contribution in [3.05, 3.63) is 44.3 Å². The number of carbonyl (C=O) groups excluding carboxylic acids is 1. The van der Waals surface area contributed by atoms with Gasteiger partial charge in [-0.25, -0.2) is 0 Å². The SMILES string of the molecule is Cc1nn2c(SCC(=O)Nc3cc(Cl)cc(Cl)c3)nnc2[nH]c1=O. The Morgan fingerprint density at radius 3 is 2.71 bits per heavy atom. The Bertz CT molecular complexity index is 966. The Labute approximate surface area is 149 Å². The van der Waals surface area contributed by atoms with Crippen LogP contribution < -0.4 is 10.9 Å². The van der Waals surface area contributed by atoms with Crippen molar-refractivity contribution in [1.82, 2.24) is 24.8 Å². The molecule has 2 heterocycles. The molecule has 2 N–H and O–H groups in total. The van der Waals surface area contributed by atoms with Crippen LogP contribution in [0.1, 0.15) is 5.69 Å². The maximum atomic E-state index is 12.0. The van der Waals surface area contributed by atoms with Crippen LogP contribution in [0.4, 0.5) is 5.69 Å². The molecule has 1 amide bonds. The van der Waals surface area contributed by atoms with Crippen LogP contribution in [0.25, 0.3) is 5.78 Å². The fourth-order valence-corrected chi connectivity index (χ4v) is 3.07. The summed E-state index contributed by atoms with van der Waals surface area (Å²) in [5.74, 6) is 0.0245. The van der Waals surface area contributed by atoms with Gasteiger partial charge in [0.15, 0.2) is 0 Å². The minimum atomic E-state index is -0.331. The lowest BCUT2D eigenvalue weighted by Gasteiger charge is -2.05. The van der Waals surface area contributed by atoms with Gasteiger partial charge >= 0.3 is 0 Å². The van der Waals surface area contributed by atoms with Crippen LogP contribution in [0.3, 0.4) is 0 Å². The molecule has 3 rings (SSSR count). The lowest BCUT2D eigenvalue weighted by atomic mass is 10.3. The van der Waals surface area contributed by atoms with E-state index in [1.807, 2.05) is 0 Å². The number of hydrogen-bond acceptors (Lipinski definition) is 6. The van der Waals surface area contributed by atoms with E-state index in [4.69, 9.17) is 23.2 Å². The van der Waals surface area contributed by atoms with Crippen LogP contribution in [0.5, 0.6) is 0 Å². The number of aromatic amines is 1. The van der Waals surface area contributed by atoms with E-state index in [9.17, 15) is 9.59 Å². The molecule has 8 nitrogen and oxygen atoms in total. The molecule has 3 aromatic rings. The van der Waals surface area contributed by atoms with Gasteiger partial charge in [-0.05, 0) is 25.1 Å². The van der Waals surface area contributed by atoms with E-state index in [1.165, 1.54) is 4.52 Å². The average molecular weight is 385 g/mol. The number of benzene rings is 1. The number of aromatic nitrogens is 5. The number of fused-ring (bicyclic) bond motifs is 1. The van der Waals surface area contributed by atoms with Crippen LogP contribution in [-0.2, 0) is 4.79 Å². The van der Waals surface area contributed by atoms with Gasteiger partial charge in [0.2, 0.25) is 11.1 Å². The van der Waals surface area contributed by atoms with Crippen LogP contribution in [0.15, 0.2) is 28.2 Å². The largest absolute Gasteiger partial charge is 0.325 e. The van der Waals surface area contributed by atoms with Crippen molar-refractivity contribution in [2.75, 3.05) is 11.1 Å². The molecule has 0 aliphatic heterocycles. The molecule has 0 saturated heterocycles. The average Bonchev–Trinajstić information content (AvgIpc) is 2.86. The highest BCUT2D eigenvalue weighted by atomic mass is 35.5. The molecule has 11 heteroatoms. The molecule has 24 heavy (non-hydrogen) atoms. The van der Waals surface area contributed by atoms with Crippen molar-refractivity contribution in [2.24, 2.45) is 0 Å². The summed E-state index contributed by atoms with van der Waals surface area (Å²) in [4.78, 5) is 26.1. The predicted molar refractivity (Wildman–Crippen MR) is 92.0 cm³/mol. The van der Waals surface area contributed by atoms with E-state index in [1.54, 1.807) is 25.1 Å². The third-order valence-corrected chi connectivity index (χ3v) is 4.25. The molecular formula is C13H10Cl2N6O2S. The topological polar surface area (TPSA) is 105 Å². The first-order chi connectivity index (χ1) is 11.4. The molecule has 0 radical (unpaired) electrons. The summed E-state index contributed by atoms with van der Waals surface area (Å²) < 4.78 is 1.38. The van der Waals surface area contributed by atoms with E-state index in [0.717, 1.165) is 11.8 Å². The lowest BCUT2D eigenvalue weighted by molar-refractivity contribution is -0.113. The Hall–Kier alpha value is -2.10. The Balaban J connectivity index is 1.70. The normalized spacial score (nSPS) is 11.0. The molecular weight excluding hydrogens is 375 g/mol. The third-order valence-electron chi connectivity index (χ3n) is 2.89. The van der Waals surface area contributed by atoms with Gasteiger partial charge in [0.05, 0.1) is 5.75 Å². The van der Waals surface area contributed by atoms with Crippen molar-refractivity contribution in [3.63, 3.8) is 0 Å². The number of halogens is 2. The van der Waals surface area contributed by atoms with E-state index >= 15 is 0 Å². The Morgan fingerprint density at radius 2 is 2.00 bits per heavy atom. The molecule has 2 aromatic heterocycles. The highest BCUT2D eigenvalue weighted by Gasteiger charge is 2.12. The van der Waals surface area contributed by atoms with Gasteiger partial charge < -0.3 is 5.32 Å². The number of nitrogens with zero attached hydrogens (tertiary/aromatic N) is 4. The summed E-state index contributed by atoms with van der Waals surface area (Å²) in [6.07, 6.45) is 0. The Kier molecular flexibility index (Phi) is 4.74. The summed E-state index contributed by atoms with van der Waals surface area (Å²) in [5, 5.41) is 15.7. The monoisotopic (exact) mass is 384 g/mol. The van der Waals surface area contributed by atoms with Gasteiger partial charge in [0.1, 0.15) is 5.69 Å². The molecule has 1 aromatic carbocycles. The van der Waals surface area contributed by atoms with Gasteiger partial charge in [-0.3, -0.25) is 14.6 Å². The first kappa shape index (κ1) is 16.7. The van der Waals surface area contributed by atoms with Crippen molar-refractivity contribution in [2.45, 2.75) is 12.1 Å². The number of carbonyl (C=O) groups is 1. The van der Waals surface area contributed by atoms with Gasteiger partial charge in [-0.2, -0.15) is 9.61 Å². The second-order valence-electron chi connectivity index (χ2n) is 4.75. The molecule has 0 aliphatic rings. The molecule has 0 saturated carbocycles. The van der Waals surface area contributed by atoms with Gasteiger partial charge in [0, 0.05) is 15.7 Å². The van der Waals surface area contributed by atoms with Crippen molar-refractivity contribution in [3.8, 4) is 0 Å². The molecule has 0 unspecified atom stereocenters. The number of thioether (sulfide) groups is 1. The zero-order chi connectivity index (χ0) is 17.3. The van der Waals surface area contributed by atoms with Crippen molar-refractivity contribution >= 4 is 52.3 Å². The van der Waals surface area contributed by atoms with E-state index in [2.05, 4.69) is 25.6 Å². The molecule has 0 fully saturated rings. The van der Waals surface area contributed by atoms with E-state index in [-0.39, 0.29) is 28.7 Å². The molecule has 124 valence electrons. The number of anilines is 1. The first-order valence-corrected chi connectivity index (χ1v) is 8.37. The molecule has 0 atom stereocenters. The van der Waals surface area contributed by atoms with Gasteiger partial charge in [-0.1, -0.05) is 35.0 Å². The van der Waals surface area contributed by atoms with E-state index in [0.29, 0.717) is 20.9 Å². The predicted octanol–water partition coefficient (Wildman–Crippen LogP) is 2.16. The standard InChI is InChI=1S/C13H10Cl2N6O2S/c1-6-11(23)17-12-18-19-13(21(12)20-6)24-5-10(22)16-9-3-7(14)2-8(15)4-9/h2-4H,5H2,1H3,(H,16,22)(H,17,18,23). The number of amides is 1. The number of H-pyrrole nitrogens is 1. The fraction of sp³-hybridized carbons (Fsp3) is 0.154. The second-order valence-corrected chi connectivity index (χ2v) is 6.57. The summed E-state index contributed by atoms with van der Waals surface area (Å²) in [6, 6.07) is 4.76. The number of nitrogens with one attached hydrogen (secondary N) is 2. The first-order valence-electron chi connectivity index (χ1n) is 6.63. The second kappa shape index (κ2) is 6.80. The van der Waals surface area contributed by atoms with E-state index < -0.39 is 0 Å². The number of aryl methyl sites for hydroxylation is 1.